The molecule has 2 fully saturated rings. The third-order valence-corrected chi connectivity index (χ3v) is 8.57. The standard InChI is InChI=1S/C31H33N5O5.Ni/c37-27-23-17-10-18-24(25(23)28(38)34(27)19-20-11-4-1-5-12-20)32-33-26-29(39)35(21-13-6-2-7-14-21)31(41)36(30(26)40)22-15-8-3-9-16-22;/h1,4-5,10-12,17-18,21-22,39H,2-3,6-9,13-16,19H2;/q;+2. The van der Waals surface area contributed by atoms with E-state index >= 15 is 0 Å². The number of aromatic hydroxyl groups is 1. The summed E-state index contributed by atoms with van der Waals surface area (Å²) < 4.78 is 2.59. The minimum Gasteiger partial charge on any atom is -0.493 e. The molecule has 2 heterocycles. The van der Waals surface area contributed by atoms with E-state index in [0.29, 0.717) is 12.8 Å². The summed E-state index contributed by atoms with van der Waals surface area (Å²) >= 11 is 0. The molecule has 42 heavy (non-hydrogen) atoms. The van der Waals surface area contributed by atoms with Gasteiger partial charge in [-0.3, -0.25) is 28.4 Å². The normalized spacial score (nSPS) is 18.0. The Morgan fingerprint density at radius 3 is 1.98 bits per heavy atom. The summed E-state index contributed by atoms with van der Waals surface area (Å²) in [6, 6.07) is 13.4. The van der Waals surface area contributed by atoms with E-state index in [0.717, 1.165) is 61.8 Å². The number of hydrogen-bond donors (Lipinski definition) is 1. The van der Waals surface area contributed by atoms with Crippen LogP contribution in [-0.4, -0.2) is 31.0 Å². The number of rotatable bonds is 6. The van der Waals surface area contributed by atoms with Crippen molar-refractivity contribution in [1.82, 2.24) is 14.0 Å². The fraction of sp³-hybridized carbons (Fsp3) is 0.419. The summed E-state index contributed by atoms with van der Waals surface area (Å²) in [5, 5.41) is 19.7. The van der Waals surface area contributed by atoms with Crippen LogP contribution in [0, 0.1) is 0 Å². The van der Waals surface area contributed by atoms with Gasteiger partial charge in [-0.1, -0.05) is 74.9 Å². The molecule has 1 aliphatic heterocycles. The Hall–Kier alpha value is -3.85. The second kappa shape index (κ2) is 12.6. The molecule has 1 aromatic heterocycles. The first-order valence-corrected chi connectivity index (χ1v) is 14.5. The fourth-order valence-electron chi connectivity index (χ4n) is 6.45. The van der Waals surface area contributed by atoms with Gasteiger partial charge in [0.1, 0.15) is 0 Å². The number of fused-ring (bicyclic) bond motifs is 1. The van der Waals surface area contributed by atoms with Crippen molar-refractivity contribution in [2.24, 2.45) is 10.2 Å². The summed E-state index contributed by atoms with van der Waals surface area (Å²) in [5.41, 5.74) is -0.267. The summed E-state index contributed by atoms with van der Waals surface area (Å²) in [4.78, 5) is 55.0. The zero-order chi connectivity index (χ0) is 28.5. The van der Waals surface area contributed by atoms with Gasteiger partial charge in [0.05, 0.1) is 23.4 Å². The van der Waals surface area contributed by atoms with Crippen molar-refractivity contribution in [3.63, 3.8) is 0 Å². The topological polar surface area (TPSA) is 126 Å². The maximum atomic E-state index is 13.7. The van der Waals surface area contributed by atoms with Crippen LogP contribution in [0.25, 0.3) is 0 Å². The van der Waals surface area contributed by atoms with E-state index in [4.69, 9.17) is 0 Å². The minimum atomic E-state index is -0.684. The van der Waals surface area contributed by atoms with Crippen molar-refractivity contribution in [3.8, 4) is 5.88 Å². The molecule has 3 aromatic rings. The first kappa shape index (κ1) is 29.6. The number of amides is 2. The first-order chi connectivity index (χ1) is 20.0. The number of imide groups is 1. The molecule has 3 aliphatic rings. The molecular formula is C31H33N5NiO5+2. The van der Waals surface area contributed by atoms with E-state index in [9.17, 15) is 24.3 Å². The molecule has 2 aliphatic carbocycles. The summed E-state index contributed by atoms with van der Waals surface area (Å²) in [6.07, 6.45) is 8.70. The summed E-state index contributed by atoms with van der Waals surface area (Å²) in [7, 11) is 0. The Labute approximate surface area is 253 Å². The molecule has 2 aromatic carbocycles. The van der Waals surface area contributed by atoms with Crippen LogP contribution >= 0.6 is 0 Å². The van der Waals surface area contributed by atoms with E-state index in [1.165, 1.54) is 9.13 Å². The molecule has 220 valence electrons. The van der Waals surface area contributed by atoms with Crippen LogP contribution in [0.2, 0.25) is 0 Å². The minimum absolute atomic E-state index is 0. The molecule has 2 amide bonds. The Bertz CT molecular complexity index is 1640. The Balaban J connectivity index is 0.00000353. The van der Waals surface area contributed by atoms with Crippen molar-refractivity contribution >= 4 is 23.2 Å². The van der Waals surface area contributed by atoms with Gasteiger partial charge in [0.15, 0.2) is 0 Å². The number of nitrogens with zero attached hydrogens (tertiary/aromatic N) is 5. The van der Waals surface area contributed by atoms with Gasteiger partial charge in [-0.05, 0) is 43.4 Å². The Morgan fingerprint density at radius 2 is 1.33 bits per heavy atom. The molecule has 0 bridgehead atoms. The van der Waals surface area contributed by atoms with Gasteiger partial charge >= 0.3 is 22.2 Å². The molecular weight excluding hydrogens is 581 g/mol. The maximum Gasteiger partial charge on any atom is 2.00 e. The first-order valence-electron chi connectivity index (χ1n) is 14.5. The molecule has 0 unspecified atom stereocenters. The van der Waals surface area contributed by atoms with Gasteiger partial charge in [-0.25, -0.2) is 4.79 Å². The van der Waals surface area contributed by atoms with Gasteiger partial charge in [-0.2, -0.15) is 0 Å². The Kier molecular flexibility index (Phi) is 8.87. The largest absolute Gasteiger partial charge is 2.00 e. The van der Waals surface area contributed by atoms with Crippen molar-refractivity contribution in [3.05, 3.63) is 86.1 Å². The van der Waals surface area contributed by atoms with Crippen molar-refractivity contribution in [1.29, 1.82) is 0 Å². The molecule has 1 N–H and O–H groups in total. The third-order valence-electron chi connectivity index (χ3n) is 8.57. The quantitative estimate of drug-likeness (QED) is 0.209. The van der Waals surface area contributed by atoms with E-state index in [2.05, 4.69) is 10.2 Å². The van der Waals surface area contributed by atoms with Gasteiger partial charge in [0.25, 0.3) is 17.4 Å². The zero-order valence-corrected chi connectivity index (χ0v) is 24.2. The van der Waals surface area contributed by atoms with Gasteiger partial charge in [-0.15, -0.1) is 10.2 Å². The van der Waals surface area contributed by atoms with Crippen LogP contribution in [0.15, 0.2) is 68.3 Å². The summed E-state index contributed by atoms with van der Waals surface area (Å²) in [6.45, 7) is 0.114. The molecule has 0 radical (unpaired) electrons. The Morgan fingerprint density at radius 1 is 0.714 bits per heavy atom. The number of azo groups is 1. The van der Waals surface area contributed by atoms with Crippen LogP contribution in [-0.2, 0) is 23.0 Å². The number of hydrogen-bond acceptors (Lipinski definition) is 7. The molecule has 11 heteroatoms. The number of carbonyl (C=O) groups excluding carboxylic acids is 2. The van der Waals surface area contributed by atoms with Crippen LogP contribution in [0.4, 0.5) is 11.4 Å². The van der Waals surface area contributed by atoms with Gasteiger partial charge < -0.3 is 5.11 Å². The van der Waals surface area contributed by atoms with E-state index in [1.807, 2.05) is 30.3 Å². The van der Waals surface area contributed by atoms with E-state index in [-0.39, 0.29) is 57.6 Å². The van der Waals surface area contributed by atoms with Crippen molar-refractivity contribution in [2.45, 2.75) is 82.8 Å². The van der Waals surface area contributed by atoms with Crippen LogP contribution < -0.4 is 11.2 Å². The predicted octanol–water partition coefficient (Wildman–Crippen LogP) is 5.94. The average Bonchev–Trinajstić information content (AvgIpc) is 3.24. The van der Waals surface area contributed by atoms with Gasteiger partial charge in [0.2, 0.25) is 11.6 Å². The molecule has 2 saturated carbocycles. The molecule has 6 rings (SSSR count). The van der Waals surface area contributed by atoms with E-state index < -0.39 is 28.9 Å². The SMILES string of the molecule is O=C1c2cccc(N=Nc3c(O)n(C4CCCCC4)c(=O)n(C4CCCCC4)c3=O)c2C(=O)N1Cc1ccccc1.[Ni+2]. The number of benzene rings is 2. The van der Waals surface area contributed by atoms with Crippen molar-refractivity contribution < 1.29 is 31.2 Å². The molecule has 0 spiro atoms. The van der Waals surface area contributed by atoms with Crippen LogP contribution in [0.1, 0.15) is 103 Å². The zero-order valence-electron chi connectivity index (χ0n) is 23.2. The fourth-order valence-corrected chi connectivity index (χ4v) is 6.45. The van der Waals surface area contributed by atoms with Crippen LogP contribution in [0.3, 0.4) is 0 Å². The monoisotopic (exact) mass is 613 g/mol. The smallest absolute Gasteiger partial charge is 0.493 e. The van der Waals surface area contributed by atoms with Crippen molar-refractivity contribution in [2.75, 3.05) is 0 Å². The summed E-state index contributed by atoms with van der Waals surface area (Å²) in [5.74, 6) is -1.43. The number of carbonyl (C=O) groups is 2. The number of aromatic nitrogens is 2. The predicted molar refractivity (Wildman–Crippen MR) is 152 cm³/mol. The van der Waals surface area contributed by atoms with Gasteiger partial charge in [0, 0.05) is 12.1 Å². The maximum absolute atomic E-state index is 13.7. The molecule has 0 atom stereocenters. The molecule has 0 saturated heterocycles. The molecule has 10 nitrogen and oxygen atoms in total. The average molecular weight is 614 g/mol. The van der Waals surface area contributed by atoms with E-state index in [1.54, 1.807) is 18.2 Å². The second-order valence-corrected chi connectivity index (χ2v) is 11.2. The second-order valence-electron chi connectivity index (χ2n) is 11.2. The third kappa shape index (κ3) is 5.38. The van der Waals surface area contributed by atoms with Crippen LogP contribution in [0.5, 0.6) is 5.88 Å².